The molecular formula is C14H16BrN3O. The van der Waals surface area contributed by atoms with Crippen LogP contribution >= 0.6 is 15.9 Å². The molecule has 0 spiro atoms. The average molecular weight is 322 g/mol. The largest absolute Gasteiger partial charge is 0.393 e. The highest BCUT2D eigenvalue weighted by molar-refractivity contribution is 9.10. The zero-order chi connectivity index (χ0) is 13.4. The maximum atomic E-state index is 9.60. The van der Waals surface area contributed by atoms with Crippen LogP contribution in [-0.2, 0) is 0 Å². The van der Waals surface area contributed by atoms with Crippen LogP contribution in [0.1, 0.15) is 19.3 Å². The third-order valence-corrected chi connectivity index (χ3v) is 4.05. The Morgan fingerprint density at radius 2 is 2.16 bits per heavy atom. The third-order valence-electron chi connectivity index (χ3n) is 3.56. The van der Waals surface area contributed by atoms with Gasteiger partial charge in [0, 0.05) is 27.7 Å². The SMILES string of the molecule is Nc1cc(N[C@H]2CC[C@H](O)C2)c2ccc(Br)cc2n1. The Balaban J connectivity index is 1.98. The highest BCUT2D eigenvalue weighted by Gasteiger charge is 2.23. The van der Waals surface area contributed by atoms with Crippen molar-refractivity contribution in [3.05, 3.63) is 28.7 Å². The molecular weight excluding hydrogens is 306 g/mol. The van der Waals surface area contributed by atoms with Crippen molar-refractivity contribution in [2.24, 2.45) is 0 Å². The first kappa shape index (κ1) is 12.7. The number of nitrogen functional groups attached to an aromatic ring is 1. The summed E-state index contributed by atoms with van der Waals surface area (Å²) in [5, 5.41) is 14.1. The van der Waals surface area contributed by atoms with E-state index in [2.05, 4.69) is 26.2 Å². The minimum absolute atomic E-state index is 0.183. The van der Waals surface area contributed by atoms with Gasteiger partial charge in [-0.05, 0) is 37.5 Å². The van der Waals surface area contributed by atoms with E-state index in [1.165, 1.54) is 0 Å². The molecule has 1 aromatic carbocycles. The van der Waals surface area contributed by atoms with E-state index in [1.807, 2.05) is 24.3 Å². The van der Waals surface area contributed by atoms with Gasteiger partial charge >= 0.3 is 0 Å². The van der Waals surface area contributed by atoms with Crippen molar-refractivity contribution in [1.29, 1.82) is 0 Å². The van der Waals surface area contributed by atoms with E-state index in [-0.39, 0.29) is 6.10 Å². The van der Waals surface area contributed by atoms with Crippen LogP contribution in [0.25, 0.3) is 10.9 Å². The Morgan fingerprint density at radius 1 is 1.32 bits per heavy atom. The van der Waals surface area contributed by atoms with Crippen molar-refractivity contribution >= 4 is 38.3 Å². The van der Waals surface area contributed by atoms with Crippen molar-refractivity contribution in [3.63, 3.8) is 0 Å². The summed E-state index contributed by atoms with van der Waals surface area (Å²) in [7, 11) is 0. The molecule has 1 fully saturated rings. The number of hydrogen-bond acceptors (Lipinski definition) is 4. The van der Waals surface area contributed by atoms with Gasteiger partial charge in [0.1, 0.15) is 5.82 Å². The summed E-state index contributed by atoms with van der Waals surface area (Å²) in [6, 6.07) is 8.15. The second kappa shape index (κ2) is 4.98. The Bertz CT molecular complexity index is 612. The fourth-order valence-corrected chi connectivity index (χ4v) is 3.00. The highest BCUT2D eigenvalue weighted by atomic mass is 79.9. The van der Waals surface area contributed by atoms with Gasteiger partial charge in [0.15, 0.2) is 0 Å². The number of aromatic nitrogens is 1. The molecule has 0 amide bonds. The molecule has 0 saturated heterocycles. The van der Waals surface area contributed by atoms with Gasteiger partial charge in [-0.1, -0.05) is 15.9 Å². The predicted molar refractivity (Wildman–Crippen MR) is 81.1 cm³/mol. The number of rotatable bonds is 2. The second-order valence-corrected chi connectivity index (χ2v) is 5.98. The Hall–Kier alpha value is -1.33. The van der Waals surface area contributed by atoms with Gasteiger partial charge in [-0.15, -0.1) is 0 Å². The van der Waals surface area contributed by atoms with Crippen LogP contribution < -0.4 is 11.1 Å². The zero-order valence-corrected chi connectivity index (χ0v) is 12.0. The molecule has 1 heterocycles. The molecule has 4 N–H and O–H groups in total. The standard InChI is InChI=1S/C14H16BrN3O/c15-8-1-4-11-12(5-8)18-14(16)7-13(11)17-9-2-3-10(19)6-9/h1,4-5,7,9-10,19H,2-3,6H2,(H3,16,17,18)/t9-,10-/m0/s1. The number of pyridine rings is 1. The summed E-state index contributed by atoms with van der Waals surface area (Å²) in [4.78, 5) is 4.35. The Kier molecular flexibility index (Phi) is 3.33. The van der Waals surface area contributed by atoms with Gasteiger partial charge in [0.2, 0.25) is 0 Å². The number of hydrogen-bond donors (Lipinski definition) is 3. The summed E-state index contributed by atoms with van der Waals surface area (Å²) in [5.41, 5.74) is 7.73. The van der Waals surface area contributed by atoms with Gasteiger partial charge < -0.3 is 16.2 Å². The number of nitrogens with one attached hydrogen (secondary N) is 1. The van der Waals surface area contributed by atoms with E-state index in [4.69, 9.17) is 5.73 Å². The lowest BCUT2D eigenvalue weighted by Gasteiger charge is -2.16. The normalized spacial score (nSPS) is 22.8. The van der Waals surface area contributed by atoms with Crippen LogP contribution in [-0.4, -0.2) is 22.2 Å². The topological polar surface area (TPSA) is 71.2 Å². The molecule has 5 heteroatoms. The number of aliphatic hydroxyl groups excluding tert-OH is 1. The van der Waals surface area contributed by atoms with E-state index < -0.39 is 0 Å². The lowest BCUT2D eigenvalue weighted by atomic mass is 10.1. The first-order valence-electron chi connectivity index (χ1n) is 6.42. The van der Waals surface area contributed by atoms with Gasteiger partial charge in [0.25, 0.3) is 0 Å². The number of nitrogens with two attached hydrogens (primary N) is 1. The Labute approximate surface area is 120 Å². The quantitative estimate of drug-likeness (QED) is 0.795. The van der Waals surface area contributed by atoms with E-state index in [1.54, 1.807) is 0 Å². The fourth-order valence-electron chi connectivity index (χ4n) is 2.65. The fraction of sp³-hybridized carbons (Fsp3) is 0.357. The van der Waals surface area contributed by atoms with Crippen LogP contribution in [0.15, 0.2) is 28.7 Å². The number of nitrogens with zero attached hydrogens (tertiary/aromatic N) is 1. The predicted octanol–water partition coefficient (Wildman–Crippen LogP) is 2.90. The van der Waals surface area contributed by atoms with Crippen LogP contribution in [0.5, 0.6) is 0 Å². The summed E-state index contributed by atoms with van der Waals surface area (Å²) < 4.78 is 0.986. The highest BCUT2D eigenvalue weighted by Crippen LogP contribution is 2.30. The molecule has 100 valence electrons. The number of benzene rings is 1. The van der Waals surface area contributed by atoms with Crippen LogP contribution in [0.2, 0.25) is 0 Å². The smallest absolute Gasteiger partial charge is 0.126 e. The lowest BCUT2D eigenvalue weighted by Crippen LogP contribution is -2.17. The van der Waals surface area contributed by atoms with E-state index in [0.717, 1.165) is 40.3 Å². The maximum absolute atomic E-state index is 9.60. The van der Waals surface area contributed by atoms with Gasteiger partial charge in [0.05, 0.1) is 11.6 Å². The van der Waals surface area contributed by atoms with E-state index in [0.29, 0.717) is 11.9 Å². The average Bonchev–Trinajstić information content (AvgIpc) is 2.74. The summed E-state index contributed by atoms with van der Waals surface area (Å²) >= 11 is 3.44. The molecule has 1 aliphatic rings. The van der Waals surface area contributed by atoms with Crippen molar-refractivity contribution < 1.29 is 5.11 Å². The van der Waals surface area contributed by atoms with Crippen LogP contribution in [0.3, 0.4) is 0 Å². The molecule has 1 saturated carbocycles. The molecule has 0 radical (unpaired) electrons. The summed E-state index contributed by atoms with van der Waals surface area (Å²) in [6.45, 7) is 0. The van der Waals surface area contributed by atoms with Crippen LogP contribution in [0.4, 0.5) is 11.5 Å². The van der Waals surface area contributed by atoms with Gasteiger partial charge in [-0.3, -0.25) is 0 Å². The molecule has 3 rings (SSSR count). The summed E-state index contributed by atoms with van der Waals surface area (Å²) in [5.74, 6) is 0.506. The number of aliphatic hydroxyl groups is 1. The molecule has 0 unspecified atom stereocenters. The number of anilines is 2. The van der Waals surface area contributed by atoms with Crippen molar-refractivity contribution in [1.82, 2.24) is 4.98 Å². The molecule has 19 heavy (non-hydrogen) atoms. The van der Waals surface area contributed by atoms with Crippen molar-refractivity contribution in [2.45, 2.75) is 31.4 Å². The van der Waals surface area contributed by atoms with E-state index >= 15 is 0 Å². The van der Waals surface area contributed by atoms with Crippen molar-refractivity contribution in [3.8, 4) is 0 Å². The first-order valence-corrected chi connectivity index (χ1v) is 7.21. The number of fused-ring (bicyclic) bond motifs is 1. The van der Waals surface area contributed by atoms with Gasteiger partial charge in [-0.25, -0.2) is 4.98 Å². The van der Waals surface area contributed by atoms with E-state index in [9.17, 15) is 5.11 Å². The zero-order valence-electron chi connectivity index (χ0n) is 10.4. The molecule has 0 aliphatic heterocycles. The van der Waals surface area contributed by atoms with Crippen molar-refractivity contribution in [2.75, 3.05) is 11.1 Å². The Morgan fingerprint density at radius 3 is 2.89 bits per heavy atom. The van der Waals surface area contributed by atoms with Crippen LogP contribution in [0, 0.1) is 0 Å². The molecule has 4 nitrogen and oxygen atoms in total. The third kappa shape index (κ3) is 2.67. The minimum atomic E-state index is -0.183. The second-order valence-electron chi connectivity index (χ2n) is 5.06. The van der Waals surface area contributed by atoms with Gasteiger partial charge in [-0.2, -0.15) is 0 Å². The monoisotopic (exact) mass is 321 g/mol. The molecule has 1 aliphatic carbocycles. The molecule has 0 bridgehead atoms. The lowest BCUT2D eigenvalue weighted by molar-refractivity contribution is 0.182. The number of halogens is 1. The first-order chi connectivity index (χ1) is 9.11. The molecule has 2 aromatic rings. The summed E-state index contributed by atoms with van der Waals surface area (Å²) in [6.07, 6.45) is 2.46. The maximum Gasteiger partial charge on any atom is 0.126 e. The molecule has 2 atom stereocenters. The minimum Gasteiger partial charge on any atom is -0.393 e. The molecule has 1 aromatic heterocycles.